The number of aromatic nitrogens is 2. The van der Waals surface area contributed by atoms with Crippen LogP contribution in [0.4, 0.5) is 5.69 Å². The Hall–Kier alpha value is -1.77. The van der Waals surface area contributed by atoms with Crippen LogP contribution < -0.4 is 5.32 Å². The Morgan fingerprint density at radius 1 is 1.40 bits per heavy atom. The second-order valence-electron chi connectivity index (χ2n) is 6.48. The Balaban J connectivity index is 2.18. The molecule has 0 radical (unpaired) electrons. The van der Waals surface area contributed by atoms with Gasteiger partial charge in [-0.15, -0.1) is 6.58 Å². The van der Waals surface area contributed by atoms with Crippen molar-refractivity contribution < 1.29 is 0 Å². The van der Waals surface area contributed by atoms with E-state index in [1.165, 1.54) is 0 Å². The van der Waals surface area contributed by atoms with E-state index in [-0.39, 0.29) is 5.41 Å². The molecule has 1 heterocycles. The number of hydrogen-bond donors (Lipinski definition) is 2. The Morgan fingerprint density at radius 2 is 2.15 bits per heavy atom. The van der Waals surface area contributed by atoms with Gasteiger partial charge in [-0.3, -0.25) is 0 Å². The summed E-state index contributed by atoms with van der Waals surface area (Å²) >= 11 is 0. The van der Waals surface area contributed by atoms with Crippen molar-refractivity contribution in [2.24, 2.45) is 0 Å². The van der Waals surface area contributed by atoms with Crippen molar-refractivity contribution in [1.82, 2.24) is 9.97 Å². The van der Waals surface area contributed by atoms with Gasteiger partial charge < -0.3 is 10.3 Å². The fraction of sp³-hybridized carbons (Fsp3) is 0.471. The smallest absolute Gasteiger partial charge is 0.112 e. The molecule has 0 spiro atoms. The van der Waals surface area contributed by atoms with Gasteiger partial charge >= 0.3 is 0 Å². The van der Waals surface area contributed by atoms with Crippen molar-refractivity contribution in [2.45, 2.75) is 52.0 Å². The van der Waals surface area contributed by atoms with Crippen molar-refractivity contribution in [3.63, 3.8) is 0 Å². The van der Waals surface area contributed by atoms with Crippen LogP contribution in [-0.2, 0) is 5.41 Å². The first-order valence-corrected chi connectivity index (χ1v) is 7.28. The minimum atomic E-state index is 0.0455. The molecule has 2 N–H and O–H groups in total. The lowest BCUT2D eigenvalue weighted by Gasteiger charge is -2.14. The fourth-order valence-corrected chi connectivity index (χ4v) is 2.18. The highest BCUT2D eigenvalue weighted by molar-refractivity contribution is 5.79. The van der Waals surface area contributed by atoms with Gasteiger partial charge in [0.1, 0.15) is 5.82 Å². The molecule has 0 amide bonds. The third-order valence-corrected chi connectivity index (χ3v) is 3.41. The van der Waals surface area contributed by atoms with Crippen LogP contribution in [0.2, 0.25) is 0 Å². The molecule has 0 aliphatic rings. The van der Waals surface area contributed by atoms with Crippen molar-refractivity contribution >= 4 is 16.7 Å². The lowest BCUT2D eigenvalue weighted by atomic mass is 9.96. The first kappa shape index (κ1) is 14.6. The van der Waals surface area contributed by atoms with Gasteiger partial charge in [0.25, 0.3) is 0 Å². The van der Waals surface area contributed by atoms with Gasteiger partial charge in [0, 0.05) is 17.1 Å². The first-order chi connectivity index (χ1) is 9.40. The maximum absolute atomic E-state index is 4.66. The van der Waals surface area contributed by atoms with Crippen molar-refractivity contribution in [1.29, 1.82) is 0 Å². The molecule has 0 aliphatic carbocycles. The lowest BCUT2D eigenvalue weighted by molar-refractivity contribution is 0.554. The van der Waals surface area contributed by atoms with Crippen LogP contribution >= 0.6 is 0 Å². The fourth-order valence-electron chi connectivity index (χ4n) is 2.18. The molecular weight excluding hydrogens is 246 g/mol. The van der Waals surface area contributed by atoms with Crippen LogP contribution in [-0.4, -0.2) is 16.0 Å². The predicted octanol–water partition coefficient (Wildman–Crippen LogP) is 4.63. The second kappa shape index (κ2) is 5.70. The van der Waals surface area contributed by atoms with Crippen LogP contribution in [0.1, 0.15) is 46.4 Å². The summed E-state index contributed by atoms with van der Waals surface area (Å²) in [5.41, 5.74) is 3.30. The monoisotopic (exact) mass is 271 g/mol. The van der Waals surface area contributed by atoms with E-state index < -0.39 is 0 Å². The summed E-state index contributed by atoms with van der Waals surface area (Å²) in [4.78, 5) is 8.08. The molecule has 2 aromatic rings. The van der Waals surface area contributed by atoms with Crippen LogP contribution in [0.3, 0.4) is 0 Å². The van der Waals surface area contributed by atoms with Gasteiger partial charge in [-0.05, 0) is 38.0 Å². The highest BCUT2D eigenvalue weighted by atomic mass is 14.9. The van der Waals surface area contributed by atoms with E-state index in [0.717, 1.165) is 35.4 Å². The van der Waals surface area contributed by atoms with Crippen molar-refractivity contribution in [3.8, 4) is 0 Å². The molecule has 0 bridgehead atoms. The molecule has 0 aliphatic heterocycles. The molecule has 3 heteroatoms. The summed E-state index contributed by atoms with van der Waals surface area (Å²) in [6.45, 7) is 12.5. The number of benzene rings is 1. The number of anilines is 1. The zero-order valence-electron chi connectivity index (χ0n) is 13.0. The van der Waals surface area contributed by atoms with Crippen LogP contribution in [0.5, 0.6) is 0 Å². The number of imidazole rings is 1. The third kappa shape index (κ3) is 3.41. The molecule has 0 fully saturated rings. The van der Waals surface area contributed by atoms with Crippen LogP contribution in [0.25, 0.3) is 11.0 Å². The number of H-pyrrole nitrogens is 1. The molecule has 0 saturated carbocycles. The summed E-state index contributed by atoms with van der Waals surface area (Å²) in [5.74, 6) is 1.03. The number of aromatic amines is 1. The first-order valence-electron chi connectivity index (χ1n) is 7.28. The van der Waals surface area contributed by atoms with Gasteiger partial charge in [0.05, 0.1) is 11.0 Å². The molecule has 1 unspecified atom stereocenters. The van der Waals surface area contributed by atoms with E-state index in [9.17, 15) is 0 Å². The summed E-state index contributed by atoms with van der Waals surface area (Å²) < 4.78 is 0. The number of rotatable bonds is 5. The average Bonchev–Trinajstić information content (AvgIpc) is 2.79. The van der Waals surface area contributed by atoms with E-state index in [1.54, 1.807) is 0 Å². The van der Waals surface area contributed by atoms with E-state index in [0.29, 0.717) is 6.04 Å². The van der Waals surface area contributed by atoms with Gasteiger partial charge in [-0.1, -0.05) is 26.8 Å². The highest BCUT2D eigenvalue weighted by Gasteiger charge is 2.18. The van der Waals surface area contributed by atoms with E-state index >= 15 is 0 Å². The summed E-state index contributed by atoms with van der Waals surface area (Å²) in [6.07, 6.45) is 4.10. The Bertz CT molecular complexity index is 590. The maximum Gasteiger partial charge on any atom is 0.112 e. The summed E-state index contributed by atoms with van der Waals surface area (Å²) in [6, 6.07) is 6.75. The number of fused-ring (bicyclic) bond motifs is 1. The Morgan fingerprint density at radius 3 is 2.80 bits per heavy atom. The van der Waals surface area contributed by atoms with Crippen molar-refractivity contribution in [3.05, 3.63) is 36.7 Å². The molecular formula is C17H25N3. The van der Waals surface area contributed by atoms with Gasteiger partial charge in [0.15, 0.2) is 0 Å². The van der Waals surface area contributed by atoms with Gasteiger partial charge in [0.2, 0.25) is 0 Å². The molecule has 108 valence electrons. The van der Waals surface area contributed by atoms with Crippen LogP contribution in [0.15, 0.2) is 30.9 Å². The highest BCUT2D eigenvalue weighted by Crippen LogP contribution is 2.24. The zero-order valence-corrected chi connectivity index (χ0v) is 13.0. The maximum atomic E-state index is 4.66. The van der Waals surface area contributed by atoms with Crippen LogP contribution in [0, 0.1) is 0 Å². The largest absolute Gasteiger partial charge is 0.383 e. The number of nitrogens with one attached hydrogen (secondary N) is 2. The Labute approximate surface area is 121 Å². The number of hydrogen-bond acceptors (Lipinski definition) is 2. The normalized spacial score (nSPS) is 13.4. The standard InChI is InChI=1S/C17H25N3/c1-6-7-8-12(2)18-13-9-10-14-15(11-13)20-16(19-14)17(3,4)5/h6,9-12,18H,1,7-8H2,2-5H3,(H,19,20). The molecule has 20 heavy (non-hydrogen) atoms. The van der Waals surface area contributed by atoms with Gasteiger partial charge in [-0.25, -0.2) is 4.98 Å². The quantitative estimate of drug-likeness (QED) is 0.779. The van der Waals surface area contributed by atoms with Gasteiger partial charge in [-0.2, -0.15) is 0 Å². The Kier molecular flexibility index (Phi) is 4.17. The molecule has 1 aromatic heterocycles. The molecule has 0 saturated heterocycles. The van der Waals surface area contributed by atoms with E-state index in [2.05, 4.69) is 67.8 Å². The van der Waals surface area contributed by atoms with Crippen molar-refractivity contribution in [2.75, 3.05) is 5.32 Å². The summed E-state index contributed by atoms with van der Waals surface area (Å²) in [7, 11) is 0. The molecule has 1 aromatic carbocycles. The molecule has 3 nitrogen and oxygen atoms in total. The SMILES string of the molecule is C=CCCC(C)Nc1ccc2nc(C(C)(C)C)[nH]c2c1. The molecule has 1 atom stereocenters. The second-order valence-corrected chi connectivity index (χ2v) is 6.48. The van der Waals surface area contributed by atoms with E-state index in [4.69, 9.17) is 0 Å². The minimum Gasteiger partial charge on any atom is -0.383 e. The zero-order chi connectivity index (χ0) is 14.8. The third-order valence-electron chi connectivity index (χ3n) is 3.41. The predicted molar refractivity (Wildman–Crippen MR) is 87.3 cm³/mol. The number of nitrogens with zero attached hydrogens (tertiary/aromatic N) is 1. The molecule has 2 rings (SSSR count). The minimum absolute atomic E-state index is 0.0455. The average molecular weight is 271 g/mol. The lowest BCUT2D eigenvalue weighted by Crippen LogP contribution is -2.14. The topological polar surface area (TPSA) is 40.7 Å². The van der Waals surface area contributed by atoms with E-state index in [1.807, 2.05) is 6.08 Å². The number of allylic oxidation sites excluding steroid dienone is 1. The summed E-state index contributed by atoms with van der Waals surface area (Å²) in [5, 5.41) is 3.52.